The number of carbonyl (C=O) groups is 3. The molecule has 0 saturated carbocycles. The van der Waals surface area contributed by atoms with Crippen molar-refractivity contribution in [2.45, 2.75) is 6.92 Å². The molecule has 0 aliphatic carbocycles. The molecule has 1 heterocycles. The summed E-state index contributed by atoms with van der Waals surface area (Å²) in [6.07, 6.45) is 0. The molecule has 0 bridgehead atoms. The van der Waals surface area contributed by atoms with Crippen molar-refractivity contribution in [1.29, 1.82) is 0 Å². The summed E-state index contributed by atoms with van der Waals surface area (Å²) < 4.78 is 10.6. The van der Waals surface area contributed by atoms with Crippen molar-refractivity contribution in [2.75, 3.05) is 35.8 Å². The largest absolute Gasteiger partial charge is 0.495 e. The van der Waals surface area contributed by atoms with Gasteiger partial charge in [-0.1, -0.05) is 12.1 Å². The highest BCUT2D eigenvalue weighted by Gasteiger charge is 2.27. The van der Waals surface area contributed by atoms with Gasteiger partial charge in [-0.2, -0.15) is 0 Å². The Morgan fingerprint density at radius 1 is 1.19 bits per heavy atom. The molecule has 0 spiro atoms. The molecule has 0 aromatic heterocycles. The predicted molar refractivity (Wildman–Crippen MR) is 100 cm³/mol. The third-order valence-electron chi connectivity index (χ3n) is 3.90. The third kappa shape index (κ3) is 4.17. The Morgan fingerprint density at radius 3 is 2.70 bits per heavy atom. The fraction of sp³-hybridized carbons (Fsp3) is 0.211. The van der Waals surface area contributed by atoms with E-state index in [0.29, 0.717) is 28.6 Å². The van der Waals surface area contributed by atoms with Crippen LogP contribution in [-0.4, -0.2) is 38.0 Å². The fourth-order valence-electron chi connectivity index (χ4n) is 2.74. The molecule has 1 aliphatic heterocycles. The number of fused-ring (bicyclic) bond motifs is 1. The van der Waals surface area contributed by atoms with Crippen LogP contribution in [0.25, 0.3) is 0 Å². The lowest BCUT2D eigenvalue weighted by atomic mass is 10.2. The maximum atomic E-state index is 12.5. The molecule has 2 N–H and O–H groups in total. The van der Waals surface area contributed by atoms with Crippen molar-refractivity contribution in [3.63, 3.8) is 0 Å². The second kappa shape index (κ2) is 7.77. The predicted octanol–water partition coefficient (Wildman–Crippen LogP) is 2.02. The molecule has 0 unspecified atom stereocenters. The molecule has 0 saturated heterocycles. The van der Waals surface area contributed by atoms with Crippen LogP contribution in [0.3, 0.4) is 0 Å². The Morgan fingerprint density at radius 2 is 1.96 bits per heavy atom. The van der Waals surface area contributed by atoms with Crippen molar-refractivity contribution in [1.82, 2.24) is 0 Å². The number of carbonyl (C=O) groups excluding carboxylic acids is 3. The number of hydrogen-bond acceptors (Lipinski definition) is 5. The SMILES string of the molecule is COc1ccc(NC(=O)CN2C(=O)COc3ccccc32)cc1NC(C)=O. The molecule has 140 valence electrons. The van der Waals surface area contributed by atoms with Gasteiger partial charge < -0.3 is 20.1 Å². The molecule has 8 heteroatoms. The van der Waals surface area contributed by atoms with Crippen LogP contribution >= 0.6 is 0 Å². The molecular weight excluding hydrogens is 350 g/mol. The molecule has 0 fully saturated rings. The van der Waals surface area contributed by atoms with Gasteiger partial charge in [-0.3, -0.25) is 19.3 Å². The average molecular weight is 369 g/mol. The van der Waals surface area contributed by atoms with Gasteiger partial charge in [0.25, 0.3) is 5.91 Å². The van der Waals surface area contributed by atoms with Crippen LogP contribution in [0.2, 0.25) is 0 Å². The lowest BCUT2D eigenvalue weighted by Gasteiger charge is -2.28. The lowest BCUT2D eigenvalue weighted by Crippen LogP contribution is -2.43. The summed E-state index contributed by atoms with van der Waals surface area (Å²) in [6, 6.07) is 11.9. The van der Waals surface area contributed by atoms with E-state index < -0.39 is 0 Å². The Balaban J connectivity index is 1.75. The van der Waals surface area contributed by atoms with E-state index >= 15 is 0 Å². The van der Waals surface area contributed by atoms with Gasteiger partial charge in [0, 0.05) is 12.6 Å². The van der Waals surface area contributed by atoms with E-state index in [2.05, 4.69) is 10.6 Å². The maximum absolute atomic E-state index is 12.5. The number of rotatable bonds is 5. The Bertz CT molecular complexity index is 897. The van der Waals surface area contributed by atoms with Gasteiger partial charge in [-0.15, -0.1) is 0 Å². The van der Waals surface area contributed by atoms with Crippen LogP contribution in [0.15, 0.2) is 42.5 Å². The van der Waals surface area contributed by atoms with Crippen LogP contribution in [-0.2, 0) is 14.4 Å². The van der Waals surface area contributed by atoms with Gasteiger partial charge in [-0.25, -0.2) is 0 Å². The summed E-state index contributed by atoms with van der Waals surface area (Å²) >= 11 is 0. The summed E-state index contributed by atoms with van der Waals surface area (Å²) in [6.45, 7) is 1.12. The van der Waals surface area contributed by atoms with Crippen molar-refractivity contribution >= 4 is 34.8 Å². The van der Waals surface area contributed by atoms with Gasteiger partial charge in [0.15, 0.2) is 6.61 Å². The summed E-state index contributed by atoms with van der Waals surface area (Å²) in [4.78, 5) is 37.3. The first kappa shape index (κ1) is 18.2. The van der Waals surface area contributed by atoms with Gasteiger partial charge in [-0.05, 0) is 30.3 Å². The average Bonchev–Trinajstić information content (AvgIpc) is 2.64. The molecule has 2 aromatic rings. The highest BCUT2D eigenvalue weighted by Crippen LogP contribution is 2.31. The quantitative estimate of drug-likeness (QED) is 0.840. The summed E-state index contributed by atoms with van der Waals surface area (Å²) in [7, 11) is 1.49. The monoisotopic (exact) mass is 369 g/mol. The van der Waals surface area contributed by atoms with Crippen molar-refractivity contribution in [2.24, 2.45) is 0 Å². The zero-order valence-electron chi connectivity index (χ0n) is 14.9. The Hall–Kier alpha value is -3.55. The minimum atomic E-state index is -0.376. The highest BCUT2D eigenvalue weighted by atomic mass is 16.5. The van der Waals surface area contributed by atoms with E-state index in [0.717, 1.165) is 0 Å². The zero-order valence-corrected chi connectivity index (χ0v) is 14.9. The summed E-state index contributed by atoms with van der Waals surface area (Å²) in [5.74, 6) is 0.103. The molecule has 0 radical (unpaired) electrons. The molecule has 8 nitrogen and oxygen atoms in total. The Labute approximate surface area is 156 Å². The number of ether oxygens (including phenoxy) is 2. The van der Waals surface area contributed by atoms with Crippen LogP contribution in [0.4, 0.5) is 17.1 Å². The smallest absolute Gasteiger partial charge is 0.265 e. The van der Waals surface area contributed by atoms with E-state index in [4.69, 9.17) is 9.47 Å². The second-order valence-corrected chi connectivity index (χ2v) is 5.88. The minimum Gasteiger partial charge on any atom is -0.495 e. The van der Waals surface area contributed by atoms with Crippen LogP contribution in [0.1, 0.15) is 6.92 Å². The summed E-state index contributed by atoms with van der Waals surface area (Å²) in [5.41, 5.74) is 1.46. The standard InChI is InChI=1S/C19H19N3O5/c1-12(23)20-14-9-13(7-8-16(14)26-2)21-18(24)10-22-15-5-3-4-6-17(15)27-11-19(22)25/h3-9H,10-11H2,1-2H3,(H,20,23)(H,21,24). The zero-order chi connectivity index (χ0) is 19.4. The van der Waals surface area contributed by atoms with Gasteiger partial charge in [0.05, 0.1) is 18.5 Å². The van der Waals surface area contributed by atoms with Crippen LogP contribution < -0.4 is 25.0 Å². The van der Waals surface area contributed by atoms with Gasteiger partial charge in [0.1, 0.15) is 18.0 Å². The normalized spacial score (nSPS) is 12.7. The third-order valence-corrected chi connectivity index (χ3v) is 3.90. The molecule has 0 atom stereocenters. The number of amides is 3. The van der Waals surface area contributed by atoms with E-state index in [9.17, 15) is 14.4 Å². The van der Waals surface area contributed by atoms with E-state index in [1.807, 2.05) is 0 Å². The van der Waals surface area contributed by atoms with E-state index in [1.165, 1.54) is 18.9 Å². The molecule has 3 amide bonds. The first-order chi connectivity index (χ1) is 13.0. The number of para-hydroxylation sites is 2. The van der Waals surface area contributed by atoms with Gasteiger partial charge >= 0.3 is 0 Å². The van der Waals surface area contributed by atoms with Crippen LogP contribution in [0, 0.1) is 0 Å². The number of methoxy groups -OCH3 is 1. The molecule has 1 aliphatic rings. The fourth-order valence-corrected chi connectivity index (χ4v) is 2.74. The molecule has 3 rings (SSSR count). The number of anilines is 3. The molecular formula is C19H19N3O5. The first-order valence-corrected chi connectivity index (χ1v) is 8.25. The first-order valence-electron chi connectivity index (χ1n) is 8.25. The van der Waals surface area contributed by atoms with Crippen molar-refractivity contribution in [3.05, 3.63) is 42.5 Å². The summed E-state index contributed by atoms with van der Waals surface area (Å²) in [5, 5.41) is 5.37. The second-order valence-electron chi connectivity index (χ2n) is 5.88. The topological polar surface area (TPSA) is 97.0 Å². The lowest BCUT2D eigenvalue weighted by molar-refractivity contribution is -0.123. The molecule has 2 aromatic carbocycles. The number of benzene rings is 2. The highest BCUT2D eigenvalue weighted by molar-refractivity contribution is 6.05. The van der Waals surface area contributed by atoms with Crippen molar-refractivity contribution in [3.8, 4) is 11.5 Å². The van der Waals surface area contributed by atoms with E-state index in [1.54, 1.807) is 42.5 Å². The number of hydrogen-bond donors (Lipinski definition) is 2. The maximum Gasteiger partial charge on any atom is 0.265 e. The van der Waals surface area contributed by atoms with Crippen molar-refractivity contribution < 1.29 is 23.9 Å². The number of nitrogens with one attached hydrogen (secondary N) is 2. The molecule has 27 heavy (non-hydrogen) atoms. The Kier molecular flexibility index (Phi) is 5.25. The van der Waals surface area contributed by atoms with Gasteiger partial charge in [0.2, 0.25) is 11.8 Å². The number of nitrogens with zero attached hydrogens (tertiary/aromatic N) is 1. The minimum absolute atomic E-state index is 0.112. The van der Waals surface area contributed by atoms with Crippen LogP contribution in [0.5, 0.6) is 11.5 Å². The van der Waals surface area contributed by atoms with E-state index in [-0.39, 0.29) is 30.9 Å².